The van der Waals surface area contributed by atoms with Crippen molar-refractivity contribution in [3.05, 3.63) is 48.3 Å². The molecule has 0 aliphatic heterocycles. The van der Waals surface area contributed by atoms with Crippen molar-refractivity contribution in [1.29, 1.82) is 0 Å². The smallest absolute Gasteiger partial charge is 0.126 e. The summed E-state index contributed by atoms with van der Waals surface area (Å²) in [6.45, 7) is 3.59. The van der Waals surface area contributed by atoms with Crippen molar-refractivity contribution < 1.29 is 4.39 Å². The van der Waals surface area contributed by atoms with E-state index in [-0.39, 0.29) is 11.9 Å². The van der Waals surface area contributed by atoms with E-state index >= 15 is 0 Å². The first kappa shape index (κ1) is 9.89. The summed E-state index contributed by atoms with van der Waals surface area (Å²) in [5.74, 6) is 5.03. The third-order valence-electron chi connectivity index (χ3n) is 1.90. The highest BCUT2D eigenvalue weighted by atomic mass is 19.1. The molecule has 3 N–H and O–H groups in total. The average Bonchev–Trinajstić information content (AvgIpc) is 2.17. The molecule has 1 atom stereocenters. The molecule has 1 rings (SSSR count). The van der Waals surface area contributed by atoms with Crippen LogP contribution in [0.2, 0.25) is 0 Å². The van der Waals surface area contributed by atoms with E-state index < -0.39 is 0 Å². The maximum absolute atomic E-state index is 13.1. The Labute approximate surface area is 77.2 Å². The first-order chi connectivity index (χ1) is 6.27. The van der Waals surface area contributed by atoms with E-state index in [0.29, 0.717) is 12.0 Å². The molecular formula is C10H13FN2. The molecule has 2 nitrogen and oxygen atoms in total. The molecule has 1 aromatic carbocycles. The number of nitrogens with two attached hydrogens (primary N) is 1. The molecule has 0 aliphatic rings. The monoisotopic (exact) mass is 180 g/mol. The van der Waals surface area contributed by atoms with Gasteiger partial charge in [0.05, 0.1) is 0 Å². The second kappa shape index (κ2) is 4.74. The van der Waals surface area contributed by atoms with Crippen molar-refractivity contribution >= 4 is 0 Å². The minimum absolute atomic E-state index is 0.0862. The fraction of sp³-hybridized carbons (Fsp3) is 0.200. The molecule has 0 aromatic heterocycles. The van der Waals surface area contributed by atoms with Gasteiger partial charge >= 0.3 is 0 Å². The summed E-state index contributed by atoms with van der Waals surface area (Å²) < 4.78 is 13.1. The summed E-state index contributed by atoms with van der Waals surface area (Å²) in [6.07, 6.45) is 2.18. The van der Waals surface area contributed by atoms with Gasteiger partial charge in [0.15, 0.2) is 0 Å². The Morgan fingerprint density at radius 3 is 2.77 bits per heavy atom. The Balaban J connectivity index is 2.73. The summed E-state index contributed by atoms with van der Waals surface area (Å²) >= 11 is 0. The molecule has 0 spiro atoms. The van der Waals surface area contributed by atoms with E-state index in [1.165, 1.54) is 6.07 Å². The maximum Gasteiger partial charge on any atom is 0.126 e. The molecule has 0 saturated carbocycles. The van der Waals surface area contributed by atoms with Gasteiger partial charge in [-0.1, -0.05) is 24.3 Å². The molecule has 0 fully saturated rings. The number of hydrogen-bond acceptors (Lipinski definition) is 2. The SMILES string of the molecule is C=CC(Cc1ccccc1F)NN. The largest absolute Gasteiger partial charge is 0.271 e. The maximum atomic E-state index is 13.1. The summed E-state index contributed by atoms with van der Waals surface area (Å²) in [7, 11) is 0. The van der Waals surface area contributed by atoms with Crippen LogP contribution < -0.4 is 11.3 Å². The van der Waals surface area contributed by atoms with Crippen LogP contribution in [-0.2, 0) is 6.42 Å². The molecule has 70 valence electrons. The van der Waals surface area contributed by atoms with Crippen LogP contribution in [0.4, 0.5) is 4.39 Å². The van der Waals surface area contributed by atoms with E-state index in [9.17, 15) is 4.39 Å². The number of hydrazine groups is 1. The van der Waals surface area contributed by atoms with Gasteiger partial charge in [0.25, 0.3) is 0 Å². The second-order valence-corrected chi connectivity index (χ2v) is 2.80. The summed E-state index contributed by atoms with van der Waals surface area (Å²) in [4.78, 5) is 0. The summed E-state index contributed by atoms with van der Waals surface area (Å²) in [5.41, 5.74) is 3.19. The van der Waals surface area contributed by atoms with Crippen LogP contribution in [0.15, 0.2) is 36.9 Å². The fourth-order valence-electron chi connectivity index (χ4n) is 1.11. The highest BCUT2D eigenvalue weighted by molar-refractivity contribution is 5.19. The number of rotatable bonds is 4. The van der Waals surface area contributed by atoms with Crippen LogP contribution >= 0.6 is 0 Å². The number of benzene rings is 1. The first-order valence-corrected chi connectivity index (χ1v) is 4.10. The van der Waals surface area contributed by atoms with Gasteiger partial charge in [-0.25, -0.2) is 4.39 Å². The van der Waals surface area contributed by atoms with Crippen molar-refractivity contribution in [3.8, 4) is 0 Å². The Morgan fingerprint density at radius 2 is 2.23 bits per heavy atom. The van der Waals surface area contributed by atoms with Gasteiger partial charge in [0.1, 0.15) is 5.82 Å². The Kier molecular flexibility index (Phi) is 3.61. The van der Waals surface area contributed by atoms with Gasteiger partial charge in [0, 0.05) is 6.04 Å². The zero-order chi connectivity index (χ0) is 9.68. The quantitative estimate of drug-likeness (QED) is 0.417. The van der Waals surface area contributed by atoms with E-state index in [4.69, 9.17) is 5.84 Å². The lowest BCUT2D eigenvalue weighted by molar-refractivity contribution is 0.571. The average molecular weight is 180 g/mol. The van der Waals surface area contributed by atoms with Gasteiger partial charge < -0.3 is 0 Å². The molecule has 0 saturated heterocycles. The minimum atomic E-state index is -0.204. The molecular weight excluding hydrogens is 167 g/mol. The summed E-state index contributed by atoms with van der Waals surface area (Å²) in [6, 6.07) is 6.55. The van der Waals surface area contributed by atoms with E-state index in [1.807, 2.05) is 0 Å². The van der Waals surface area contributed by atoms with Crippen molar-refractivity contribution in [1.82, 2.24) is 5.43 Å². The van der Waals surface area contributed by atoms with Crippen LogP contribution in [0.3, 0.4) is 0 Å². The van der Waals surface area contributed by atoms with Crippen LogP contribution in [-0.4, -0.2) is 6.04 Å². The third-order valence-corrected chi connectivity index (χ3v) is 1.90. The topological polar surface area (TPSA) is 38.0 Å². The van der Waals surface area contributed by atoms with Crippen molar-refractivity contribution in [2.75, 3.05) is 0 Å². The molecule has 0 heterocycles. The molecule has 1 aromatic rings. The lowest BCUT2D eigenvalue weighted by atomic mass is 10.1. The summed E-state index contributed by atoms with van der Waals surface area (Å²) in [5, 5.41) is 0. The molecule has 13 heavy (non-hydrogen) atoms. The number of nitrogens with one attached hydrogen (secondary N) is 1. The Bertz CT molecular complexity index is 286. The molecule has 0 bridgehead atoms. The third kappa shape index (κ3) is 2.65. The van der Waals surface area contributed by atoms with E-state index in [0.717, 1.165) is 0 Å². The van der Waals surface area contributed by atoms with Gasteiger partial charge in [-0.05, 0) is 18.1 Å². The second-order valence-electron chi connectivity index (χ2n) is 2.80. The van der Waals surface area contributed by atoms with Crippen molar-refractivity contribution in [2.45, 2.75) is 12.5 Å². The zero-order valence-electron chi connectivity index (χ0n) is 7.33. The van der Waals surface area contributed by atoms with Gasteiger partial charge in [-0.15, -0.1) is 6.58 Å². The lowest BCUT2D eigenvalue weighted by Crippen LogP contribution is -2.35. The predicted octanol–water partition coefficient (Wildman–Crippen LogP) is 1.39. The molecule has 3 heteroatoms. The van der Waals surface area contributed by atoms with E-state index in [2.05, 4.69) is 12.0 Å². The Hall–Kier alpha value is -1.19. The standard InChI is InChI=1S/C10H13FN2/c1-2-9(13-12)7-8-5-3-4-6-10(8)11/h2-6,9,13H,1,7,12H2. The molecule has 0 amide bonds. The minimum Gasteiger partial charge on any atom is -0.271 e. The predicted molar refractivity (Wildman–Crippen MR) is 51.4 cm³/mol. The zero-order valence-corrected chi connectivity index (χ0v) is 7.33. The normalized spacial score (nSPS) is 12.5. The van der Waals surface area contributed by atoms with Crippen LogP contribution in [0.5, 0.6) is 0 Å². The van der Waals surface area contributed by atoms with Crippen molar-refractivity contribution in [3.63, 3.8) is 0 Å². The lowest BCUT2D eigenvalue weighted by Gasteiger charge is -2.10. The highest BCUT2D eigenvalue weighted by Gasteiger charge is 2.06. The molecule has 0 radical (unpaired) electrons. The molecule has 1 unspecified atom stereocenters. The van der Waals surface area contributed by atoms with Crippen LogP contribution in [0.25, 0.3) is 0 Å². The highest BCUT2D eigenvalue weighted by Crippen LogP contribution is 2.08. The van der Waals surface area contributed by atoms with E-state index in [1.54, 1.807) is 24.3 Å². The number of halogens is 1. The van der Waals surface area contributed by atoms with Gasteiger partial charge in [-0.3, -0.25) is 11.3 Å². The van der Waals surface area contributed by atoms with Gasteiger partial charge in [0.2, 0.25) is 0 Å². The van der Waals surface area contributed by atoms with Crippen LogP contribution in [0.1, 0.15) is 5.56 Å². The first-order valence-electron chi connectivity index (χ1n) is 4.10. The number of hydrogen-bond donors (Lipinski definition) is 2. The fourth-order valence-corrected chi connectivity index (χ4v) is 1.11. The Morgan fingerprint density at radius 1 is 1.54 bits per heavy atom. The molecule has 0 aliphatic carbocycles. The van der Waals surface area contributed by atoms with Gasteiger partial charge in [-0.2, -0.15) is 0 Å². The van der Waals surface area contributed by atoms with Crippen molar-refractivity contribution in [2.24, 2.45) is 5.84 Å². The van der Waals surface area contributed by atoms with Crippen LogP contribution in [0, 0.1) is 5.82 Å².